The van der Waals surface area contributed by atoms with Crippen molar-refractivity contribution in [3.63, 3.8) is 0 Å². The first-order chi connectivity index (χ1) is 7.21. The summed E-state index contributed by atoms with van der Waals surface area (Å²) in [7, 11) is 0. The summed E-state index contributed by atoms with van der Waals surface area (Å²) in [6.45, 7) is 4.41. The zero-order chi connectivity index (χ0) is 10.7. The van der Waals surface area contributed by atoms with Gasteiger partial charge in [0.15, 0.2) is 0 Å². The van der Waals surface area contributed by atoms with E-state index in [1.165, 1.54) is 25.7 Å². The highest BCUT2D eigenvalue weighted by atomic mass is 16.5. The predicted molar refractivity (Wildman–Crippen MR) is 59.8 cm³/mol. The summed E-state index contributed by atoms with van der Waals surface area (Å²) in [5, 5.41) is 13.7. The second-order valence-electron chi connectivity index (χ2n) is 5.15. The normalized spacial score (nSPS) is 37.6. The minimum atomic E-state index is -0.626. The van der Waals surface area contributed by atoms with Crippen molar-refractivity contribution in [3.8, 4) is 0 Å². The lowest BCUT2D eigenvalue weighted by Crippen LogP contribution is -2.46. The van der Waals surface area contributed by atoms with Crippen LogP contribution in [-0.2, 0) is 4.74 Å². The summed E-state index contributed by atoms with van der Waals surface area (Å²) in [6, 6.07) is 0. The summed E-state index contributed by atoms with van der Waals surface area (Å²) in [5.74, 6) is 0.839. The van der Waals surface area contributed by atoms with E-state index in [0.717, 1.165) is 18.9 Å². The van der Waals surface area contributed by atoms with Crippen molar-refractivity contribution in [1.29, 1.82) is 0 Å². The van der Waals surface area contributed by atoms with Gasteiger partial charge in [0.05, 0.1) is 6.10 Å². The van der Waals surface area contributed by atoms with Crippen LogP contribution in [0, 0.1) is 5.92 Å². The van der Waals surface area contributed by atoms with Gasteiger partial charge in [-0.2, -0.15) is 0 Å². The van der Waals surface area contributed by atoms with Gasteiger partial charge in [0.25, 0.3) is 0 Å². The number of aliphatic hydroxyl groups is 1. The lowest BCUT2D eigenvalue weighted by atomic mass is 9.96. The van der Waals surface area contributed by atoms with Gasteiger partial charge < -0.3 is 15.2 Å². The molecule has 2 unspecified atom stereocenters. The van der Waals surface area contributed by atoms with Crippen molar-refractivity contribution < 1.29 is 9.84 Å². The molecule has 88 valence electrons. The van der Waals surface area contributed by atoms with Crippen LogP contribution in [0.3, 0.4) is 0 Å². The molecule has 0 aromatic heterocycles. The number of rotatable bonds is 4. The number of nitrogens with one attached hydrogen (secondary N) is 1. The van der Waals surface area contributed by atoms with E-state index in [1.54, 1.807) is 0 Å². The molecule has 2 atom stereocenters. The Balaban J connectivity index is 1.68. The first-order valence-corrected chi connectivity index (χ1v) is 6.25. The minimum Gasteiger partial charge on any atom is -0.386 e. The third-order valence-electron chi connectivity index (χ3n) is 4.00. The smallest absolute Gasteiger partial charge is 0.105 e. The molecular formula is C12H23NO2. The molecular weight excluding hydrogens is 190 g/mol. The van der Waals surface area contributed by atoms with E-state index < -0.39 is 5.60 Å². The Morgan fingerprint density at radius 3 is 2.73 bits per heavy atom. The molecule has 0 bridgehead atoms. The maximum absolute atomic E-state index is 10.2. The summed E-state index contributed by atoms with van der Waals surface area (Å²) in [4.78, 5) is 0. The molecule has 0 aromatic rings. The fourth-order valence-electron chi connectivity index (χ4n) is 2.71. The second-order valence-corrected chi connectivity index (χ2v) is 5.15. The van der Waals surface area contributed by atoms with Crippen LogP contribution in [0.25, 0.3) is 0 Å². The van der Waals surface area contributed by atoms with Crippen LogP contribution in [0.5, 0.6) is 0 Å². The SMILES string of the molecule is CC1OCCC1(O)CNCC1CCCC1. The molecule has 1 aliphatic heterocycles. The maximum atomic E-state index is 10.2. The van der Waals surface area contributed by atoms with Gasteiger partial charge in [0, 0.05) is 19.6 Å². The molecule has 0 spiro atoms. The van der Waals surface area contributed by atoms with Crippen molar-refractivity contribution in [2.24, 2.45) is 5.92 Å². The maximum Gasteiger partial charge on any atom is 0.105 e. The lowest BCUT2D eigenvalue weighted by Gasteiger charge is -2.27. The Labute approximate surface area is 92.2 Å². The quantitative estimate of drug-likeness (QED) is 0.740. The third-order valence-corrected chi connectivity index (χ3v) is 4.00. The van der Waals surface area contributed by atoms with Gasteiger partial charge in [-0.05, 0) is 32.2 Å². The molecule has 2 aliphatic rings. The average molecular weight is 213 g/mol. The highest BCUT2D eigenvalue weighted by Crippen LogP contribution is 2.26. The van der Waals surface area contributed by atoms with E-state index in [2.05, 4.69) is 5.32 Å². The van der Waals surface area contributed by atoms with Gasteiger partial charge in [-0.1, -0.05) is 12.8 Å². The molecule has 2 rings (SSSR count). The van der Waals surface area contributed by atoms with Crippen LogP contribution >= 0.6 is 0 Å². The van der Waals surface area contributed by atoms with Crippen molar-refractivity contribution in [2.75, 3.05) is 19.7 Å². The second kappa shape index (κ2) is 4.81. The van der Waals surface area contributed by atoms with Crippen LogP contribution in [0.1, 0.15) is 39.0 Å². The van der Waals surface area contributed by atoms with Gasteiger partial charge in [0.2, 0.25) is 0 Å². The van der Waals surface area contributed by atoms with E-state index in [1.807, 2.05) is 6.92 Å². The van der Waals surface area contributed by atoms with E-state index in [9.17, 15) is 5.11 Å². The average Bonchev–Trinajstić information content (AvgIpc) is 2.79. The molecule has 1 saturated carbocycles. The molecule has 1 saturated heterocycles. The third kappa shape index (κ3) is 2.71. The Bertz CT molecular complexity index is 204. The van der Waals surface area contributed by atoms with Crippen molar-refractivity contribution >= 4 is 0 Å². The summed E-state index contributed by atoms with van der Waals surface area (Å²) in [5.41, 5.74) is -0.626. The van der Waals surface area contributed by atoms with E-state index in [-0.39, 0.29) is 6.10 Å². The summed E-state index contributed by atoms with van der Waals surface area (Å²) in [6.07, 6.45) is 6.24. The fourth-order valence-corrected chi connectivity index (χ4v) is 2.71. The number of ether oxygens (including phenoxy) is 1. The molecule has 3 heteroatoms. The van der Waals surface area contributed by atoms with Gasteiger partial charge in [-0.3, -0.25) is 0 Å². The summed E-state index contributed by atoms with van der Waals surface area (Å²) >= 11 is 0. The number of hydrogen-bond acceptors (Lipinski definition) is 3. The topological polar surface area (TPSA) is 41.5 Å². The van der Waals surface area contributed by atoms with Crippen LogP contribution in [0.2, 0.25) is 0 Å². The van der Waals surface area contributed by atoms with Gasteiger partial charge in [-0.25, -0.2) is 0 Å². The molecule has 2 fully saturated rings. The predicted octanol–water partition coefficient (Wildman–Crippen LogP) is 1.31. The fraction of sp³-hybridized carbons (Fsp3) is 1.00. The van der Waals surface area contributed by atoms with Crippen molar-refractivity contribution in [3.05, 3.63) is 0 Å². The van der Waals surface area contributed by atoms with Crippen LogP contribution in [0.4, 0.5) is 0 Å². The minimum absolute atomic E-state index is 0.0198. The van der Waals surface area contributed by atoms with Crippen molar-refractivity contribution in [1.82, 2.24) is 5.32 Å². The highest BCUT2D eigenvalue weighted by molar-refractivity contribution is 4.91. The standard InChI is InChI=1S/C12H23NO2/c1-10-12(14,6-7-15-10)9-13-8-11-4-2-3-5-11/h10-11,13-14H,2-9H2,1H3. The Morgan fingerprint density at radius 1 is 1.40 bits per heavy atom. The molecule has 2 N–H and O–H groups in total. The first kappa shape index (κ1) is 11.4. The van der Waals surface area contributed by atoms with Gasteiger partial charge in [-0.15, -0.1) is 0 Å². The number of hydrogen-bond donors (Lipinski definition) is 2. The molecule has 0 amide bonds. The summed E-state index contributed by atoms with van der Waals surface area (Å²) < 4.78 is 5.40. The molecule has 3 nitrogen and oxygen atoms in total. The van der Waals surface area contributed by atoms with Crippen LogP contribution in [-0.4, -0.2) is 36.5 Å². The van der Waals surface area contributed by atoms with E-state index in [4.69, 9.17) is 4.74 Å². The molecule has 0 radical (unpaired) electrons. The van der Waals surface area contributed by atoms with Crippen LogP contribution in [0.15, 0.2) is 0 Å². The molecule has 0 aromatic carbocycles. The van der Waals surface area contributed by atoms with Crippen LogP contribution < -0.4 is 5.32 Å². The zero-order valence-corrected chi connectivity index (χ0v) is 9.67. The monoisotopic (exact) mass is 213 g/mol. The van der Waals surface area contributed by atoms with Gasteiger partial charge in [0.1, 0.15) is 5.60 Å². The Morgan fingerprint density at radius 2 is 2.13 bits per heavy atom. The largest absolute Gasteiger partial charge is 0.386 e. The lowest BCUT2D eigenvalue weighted by molar-refractivity contribution is -0.0264. The van der Waals surface area contributed by atoms with Gasteiger partial charge >= 0.3 is 0 Å². The Kier molecular flexibility index (Phi) is 3.65. The molecule has 15 heavy (non-hydrogen) atoms. The van der Waals surface area contributed by atoms with E-state index in [0.29, 0.717) is 13.2 Å². The Hall–Kier alpha value is -0.120. The van der Waals surface area contributed by atoms with Crippen molar-refractivity contribution in [2.45, 2.75) is 50.7 Å². The zero-order valence-electron chi connectivity index (χ0n) is 9.67. The highest BCUT2D eigenvalue weighted by Gasteiger charge is 2.39. The van der Waals surface area contributed by atoms with E-state index >= 15 is 0 Å². The molecule has 1 heterocycles. The molecule has 1 aliphatic carbocycles. The first-order valence-electron chi connectivity index (χ1n) is 6.25.